The summed E-state index contributed by atoms with van der Waals surface area (Å²) in [6.07, 6.45) is 2.15. The maximum Gasteiger partial charge on any atom is 0.127 e. The van der Waals surface area contributed by atoms with E-state index in [-0.39, 0.29) is 0 Å². The van der Waals surface area contributed by atoms with Crippen LogP contribution in [0.15, 0.2) is 18.2 Å². The molecule has 0 saturated carbocycles. The molecular weight excluding hydrogens is 192 g/mol. The molecule has 0 amide bonds. The van der Waals surface area contributed by atoms with Gasteiger partial charge >= 0.3 is 0 Å². The van der Waals surface area contributed by atoms with Gasteiger partial charge in [0.2, 0.25) is 0 Å². The minimum absolute atomic E-state index is 0.521. The maximum atomic E-state index is 10.3. The third-order valence-corrected chi connectivity index (χ3v) is 2.21. The van der Waals surface area contributed by atoms with Crippen molar-refractivity contribution in [2.75, 3.05) is 14.2 Å². The van der Waals surface area contributed by atoms with Crippen molar-refractivity contribution >= 4 is 6.29 Å². The minimum Gasteiger partial charge on any atom is -0.496 e. The Morgan fingerprint density at radius 1 is 1.27 bits per heavy atom. The molecule has 1 rings (SSSR count). The molecule has 82 valence electrons. The van der Waals surface area contributed by atoms with Gasteiger partial charge in [-0.25, -0.2) is 0 Å². The lowest BCUT2D eigenvalue weighted by Gasteiger charge is -2.12. The van der Waals surface area contributed by atoms with Crippen LogP contribution in [0.25, 0.3) is 0 Å². The van der Waals surface area contributed by atoms with E-state index in [2.05, 4.69) is 0 Å². The SMILES string of the molecule is COCc1cccc(CCC=O)c1OC. The standard InChI is InChI=1S/C12H16O3/c1-14-9-11-6-3-5-10(7-4-8-13)12(11)15-2/h3,5-6,8H,4,7,9H2,1-2H3. The highest BCUT2D eigenvalue weighted by molar-refractivity contribution is 5.51. The summed E-state index contributed by atoms with van der Waals surface area (Å²) in [6.45, 7) is 0.526. The van der Waals surface area contributed by atoms with Gasteiger partial charge in [-0.15, -0.1) is 0 Å². The second-order valence-electron chi connectivity index (χ2n) is 3.25. The Morgan fingerprint density at radius 3 is 2.60 bits per heavy atom. The van der Waals surface area contributed by atoms with Gasteiger partial charge in [-0.2, -0.15) is 0 Å². The van der Waals surface area contributed by atoms with Gasteiger partial charge in [0.05, 0.1) is 13.7 Å². The first kappa shape index (κ1) is 11.7. The quantitative estimate of drug-likeness (QED) is 0.670. The van der Waals surface area contributed by atoms with Gasteiger partial charge in [0, 0.05) is 19.1 Å². The number of ether oxygens (including phenoxy) is 2. The molecular formula is C12H16O3. The first-order valence-electron chi connectivity index (χ1n) is 4.90. The van der Waals surface area contributed by atoms with Crippen LogP contribution in [0, 0.1) is 0 Å². The summed E-state index contributed by atoms with van der Waals surface area (Å²) < 4.78 is 10.4. The maximum absolute atomic E-state index is 10.3. The summed E-state index contributed by atoms with van der Waals surface area (Å²) in [5, 5.41) is 0. The highest BCUT2D eigenvalue weighted by atomic mass is 16.5. The van der Waals surface area contributed by atoms with Crippen LogP contribution in [0.4, 0.5) is 0 Å². The number of methoxy groups -OCH3 is 2. The summed E-state index contributed by atoms with van der Waals surface area (Å²) in [6, 6.07) is 5.89. The normalized spacial score (nSPS) is 10.0. The van der Waals surface area contributed by atoms with E-state index in [1.54, 1.807) is 14.2 Å². The zero-order valence-electron chi connectivity index (χ0n) is 9.16. The molecule has 15 heavy (non-hydrogen) atoms. The predicted molar refractivity (Wildman–Crippen MR) is 58.1 cm³/mol. The fourth-order valence-electron chi connectivity index (χ4n) is 1.58. The molecule has 1 aromatic rings. The van der Waals surface area contributed by atoms with Crippen molar-refractivity contribution in [1.29, 1.82) is 0 Å². The van der Waals surface area contributed by atoms with Gasteiger partial charge in [-0.3, -0.25) is 0 Å². The van der Waals surface area contributed by atoms with Gasteiger partial charge in [0.25, 0.3) is 0 Å². The van der Waals surface area contributed by atoms with Crippen molar-refractivity contribution < 1.29 is 14.3 Å². The van der Waals surface area contributed by atoms with Crippen molar-refractivity contribution in [1.82, 2.24) is 0 Å². The molecule has 0 saturated heterocycles. The van der Waals surface area contributed by atoms with Crippen LogP contribution in [0.5, 0.6) is 5.75 Å². The smallest absolute Gasteiger partial charge is 0.127 e. The van der Waals surface area contributed by atoms with Gasteiger partial charge in [0.15, 0.2) is 0 Å². The predicted octanol–water partition coefficient (Wildman–Crippen LogP) is 1.97. The van der Waals surface area contributed by atoms with E-state index in [1.807, 2.05) is 18.2 Å². The number of hydrogen-bond acceptors (Lipinski definition) is 3. The molecule has 0 spiro atoms. The van der Waals surface area contributed by atoms with Crippen LogP contribution in [-0.2, 0) is 22.6 Å². The number of para-hydroxylation sites is 1. The first-order chi connectivity index (χ1) is 7.33. The Bertz CT molecular complexity index is 321. The average Bonchev–Trinajstić information content (AvgIpc) is 2.27. The molecule has 0 aliphatic carbocycles. The number of hydrogen-bond donors (Lipinski definition) is 0. The molecule has 3 nitrogen and oxygen atoms in total. The minimum atomic E-state index is 0.521. The Hall–Kier alpha value is -1.35. The van der Waals surface area contributed by atoms with E-state index >= 15 is 0 Å². The highest BCUT2D eigenvalue weighted by Gasteiger charge is 2.07. The molecule has 0 aliphatic rings. The average molecular weight is 208 g/mol. The summed E-state index contributed by atoms with van der Waals surface area (Å²) in [5.74, 6) is 0.834. The zero-order chi connectivity index (χ0) is 11.1. The molecule has 0 radical (unpaired) electrons. The van der Waals surface area contributed by atoms with Crippen LogP contribution in [-0.4, -0.2) is 20.5 Å². The van der Waals surface area contributed by atoms with Crippen molar-refractivity contribution in [3.63, 3.8) is 0 Å². The first-order valence-corrected chi connectivity index (χ1v) is 4.90. The summed E-state index contributed by atoms with van der Waals surface area (Å²) in [4.78, 5) is 10.3. The lowest BCUT2D eigenvalue weighted by Crippen LogP contribution is -1.99. The molecule has 0 bridgehead atoms. The molecule has 3 heteroatoms. The Kier molecular flexibility index (Phi) is 4.84. The topological polar surface area (TPSA) is 35.5 Å². The Labute approximate surface area is 90.0 Å². The largest absolute Gasteiger partial charge is 0.496 e. The van der Waals surface area contributed by atoms with Crippen molar-refractivity contribution in [3.8, 4) is 5.75 Å². The molecule has 0 fully saturated rings. The lowest BCUT2D eigenvalue weighted by molar-refractivity contribution is -0.107. The molecule has 0 unspecified atom stereocenters. The fraction of sp³-hybridized carbons (Fsp3) is 0.417. The lowest BCUT2D eigenvalue weighted by atomic mass is 10.1. The molecule has 0 aromatic heterocycles. The highest BCUT2D eigenvalue weighted by Crippen LogP contribution is 2.25. The molecule has 1 aromatic carbocycles. The third kappa shape index (κ3) is 3.06. The van der Waals surface area contributed by atoms with Crippen LogP contribution < -0.4 is 4.74 Å². The van der Waals surface area contributed by atoms with Crippen LogP contribution in [0.2, 0.25) is 0 Å². The number of benzene rings is 1. The number of aldehydes is 1. The molecule has 0 aliphatic heterocycles. The third-order valence-electron chi connectivity index (χ3n) is 2.21. The van der Waals surface area contributed by atoms with Crippen LogP contribution in [0.3, 0.4) is 0 Å². The van der Waals surface area contributed by atoms with E-state index in [9.17, 15) is 4.79 Å². The van der Waals surface area contributed by atoms with Crippen LogP contribution in [0.1, 0.15) is 17.5 Å². The molecule has 0 N–H and O–H groups in total. The summed E-state index contributed by atoms with van der Waals surface area (Å²) in [7, 11) is 3.29. The van der Waals surface area contributed by atoms with E-state index in [0.717, 1.165) is 23.2 Å². The second kappa shape index (κ2) is 6.19. The molecule has 0 heterocycles. The zero-order valence-corrected chi connectivity index (χ0v) is 9.16. The number of aryl methyl sites for hydroxylation is 1. The van der Waals surface area contributed by atoms with E-state index < -0.39 is 0 Å². The van der Waals surface area contributed by atoms with Gasteiger partial charge < -0.3 is 14.3 Å². The Balaban J connectivity index is 2.93. The van der Waals surface area contributed by atoms with Gasteiger partial charge in [0.1, 0.15) is 12.0 Å². The molecule has 0 atom stereocenters. The van der Waals surface area contributed by atoms with Gasteiger partial charge in [-0.1, -0.05) is 18.2 Å². The van der Waals surface area contributed by atoms with Crippen molar-refractivity contribution in [3.05, 3.63) is 29.3 Å². The van der Waals surface area contributed by atoms with Gasteiger partial charge in [-0.05, 0) is 12.0 Å². The van der Waals surface area contributed by atoms with E-state index in [4.69, 9.17) is 9.47 Å². The van der Waals surface area contributed by atoms with Crippen LogP contribution >= 0.6 is 0 Å². The second-order valence-corrected chi connectivity index (χ2v) is 3.25. The number of carbonyl (C=O) groups is 1. The number of rotatable bonds is 6. The summed E-state index contributed by atoms with van der Waals surface area (Å²) >= 11 is 0. The Morgan fingerprint density at radius 2 is 2.00 bits per heavy atom. The summed E-state index contributed by atoms with van der Waals surface area (Å²) in [5.41, 5.74) is 2.07. The fourth-order valence-corrected chi connectivity index (χ4v) is 1.58. The van der Waals surface area contributed by atoms with Crippen molar-refractivity contribution in [2.45, 2.75) is 19.4 Å². The van der Waals surface area contributed by atoms with Crippen molar-refractivity contribution in [2.24, 2.45) is 0 Å². The van der Waals surface area contributed by atoms with E-state index in [0.29, 0.717) is 19.4 Å². The number of carbonyl (C=O) groups excluding carboxylic acids is 1. The van der Waals surface area contributed by atoms with E-state index in [1.165, 1.54) is 0 Å². The monoisotopic (exact) mass is 208 g/mol.